The molecule has 0 spiro atoms. The third kappa shape index (κ3) is 3.38. The molecule has 100 valence electrons. The summed E-state index contributed by atoms with van der Waals surface area (Å²) in [6.45, 7) is 2.30. The fourth-order valence-electron chi connectivity index (χ4n) is 2.44. The van der Waals surface area contributed by atoms with Gasteiger partial charge in [0, 0.05) is 33.1 Å². The maximum absolute atomic E-state index is 5.97. The quantitative estimate of drug-likeness (QED) is 0.894. The van der Waals surface area contributed by atoms with Gasteiger partial charge in [0.05, 0.1) is 0 Å². The molecule has 1 aliphatic heterocycles. The highest BCUT2D eigenvalue weighted by Crippen LogP contribution is 2.40. The minimum Gasteiger partial charge on any atom is -0.312 e. The first-order valence-corrected chi connectivity index (χ1v) is 8.89. The molecule has 1 saturated heterocycles. The van der Waals surface area contributed by atoms with E-state index in [0.29, 0.717) is 11.3 Å². The van der Waals surface area contributed by atoms with Crippen molar-refractivity contribution in [1.29, 1.82) is 0 Å². The van der Waals surface area contributed by atoms with Gasteiger partial charge in [-0.1, -0.05) is 30.7 Å². The average Bonchev–Trinajstić information content (AvgIpc) is 2.42. The van der Waals surface area contributed by atoms with E-state index in [0.717, 1.165) is 10.3 Å². The first kappa shape index (κ1) is 14.6. The molecule has 1 aromatic rings. The maximum atomic E-state index is 5.97. The van der Waals surface area contributed by atoms with Gasteiger partial charge in [-0.25, -0.2) is 0 Å². The van der Waals surface area contributed by atoms with Gasteiger partial charge < -0.3 is 5.32 Å². The Morgan fingerprint density at radius 3 is 2.56 bits per heavy atom. The van der Waals surface area contributed by atoms with Crippen LogP contribution in [0.2, 0.25) is 5.02 Å². The van der Waals surface area contributed by atoms with Crippen LogP contribution in [0.4, 0.5) is 0 Å². The summed E-state index contributed by atoms with van der Waals surface area (Å²) in [6, 6.07) is 8.70. The predicted octanol–water partition coefficient (Wildman–Crippen LogP) is 4.23. The van der Waals surface area contributed by atoms with Crippen LogP contribution < -0.4 is 5.32 Å². The minimum atomic E-state index is 0.421. The number of rotatable bonds is 4. The van der Waals surface area contributed by atoms with Crippen LogP contribution >= 0.6 is 35.1 Å². The van der Waals surface area contributed by atoms with Crippen molar-refractivity contribution in [1.82, 2.24) is 5.32 Å². The monoisotopic (exact) mass is 301 g/mol. The predicted molar refractivity (Wildman–Crippen MR) is 86.0 cm³/mol. The van der Waals surface area contributed by atoms with Crippen molar-refractivity contribution in [3.8, 4) is 0 Å². The number of hydrogen-bond donors (Lipinski definition) is 1. The molecule has 3 atom stereocenters. The van der Waals surface area contributed by atoms with Gasteiger partial charge in [-0.15, -0.1) is 0 Å². The van der Waals surface area contributed by atoms with Crippen LogP contribution in [0.25, 0.3) is 0 Å². The molecule has 1 nitrogen and oxygen atoms in total. The second-order valence-corrected chi connectivity index (χ2v) is 7.54. The van der Waals surface area contributed by atoms with E-state index in [1.807, 2.05) is 12.1 Å². The number of benzene rings is 1. The SMILES string of the molecule is CCC1SCCSC1C(NC)c1ccc(Cl)cc1. The normalized spacial score (nSPS) is 25.9. The molecule has 1 aliphatic rings. The molecule has 18 heavy (non-hydrogen) atoms. The van der Waals surface area contributed by atoms with Gasteiger partial charge in [0.15, 0.2) is 0 Å². The number of halogens is 1. The van der Waals surface area contributed by atoms with Crippen molar-refractivity contribution in [2.45, 2.75) is 29.9 Å². The summed E-state index contributed by atoms with van der Waals surface area (Å²) in [4.78, 5) is 0. The molecular weight excluding hydrogens is 282 g/mol. The van der Waals surface area contributed by atoms with Gasteiger partial charge in [-0.3, -0.25) is 0 Å². The van der Waals surface area contributed by atoms with Gasteiger partial charge in [0.25, 0.3) is 0 Å². The molecule has 0 aliphatic carbocycles. The first-order valence-electron chi connectivity index (χ1n) is 6.42. The molecule has 1 aromatic carbocycles. The van der Waals surface area contributed by atoms with Crippen LogP contribution in [0.5, 0.6) is 0 Å². The lowest BCUT2D eigenvalue weighted by Crippen LogP contribution is -2.37. The third-order valence-corrected chi connectivity index (χ3v) is 6.97. The Balaban J connectivity index is 2.18. The summed E-state index contributed by atoms with van der Waals surface area (Å²) < 4.78 is 0. The van der Waals surface area contributed by atoms with E-state index in [1.165, 1.54) is 23.5 Å². The molecule has 0 radical (unpaired) electrons. The van der Waals surface area contributed by atoms with Crippen molar-refractivity contribution in [2.75, 3.05) is 18.6 Å². The number of thioether (sulfide) groups is 2. The van der Waals surface area contributed by atoms with Crippen molar-refractivity contribution in [2.24, 2.45) is 0 Å². The van der Waals surface area contributed by atoms with Gasteiger partial charge in [0.1, 0.15) is 0 Å². The van der Waals surface area contributed by atoms with E-state index < -0.39 is 0 Å². The molecule has 1 heterocycles. The maximum Gasteiger partial charge on any atom is 0.0448 e. The first-order chi connectivity index (χ1) is 8.76. The summed E-state index contributed by atoms with van der Waals surface area (Å²) in [5.74, 6) is 2.55. The molecule has 1 fully saturated rings. The van der Waals surface area contributed by atoms with E-state index in [1.54, 1.807) is 0 Å². The fraction of sp³-hybridized carbons (Fsp3) is 0.571. The summed E-state index contributed by atoms with van der Waals surface area (Å²) in [5, 5.41) is 5.71. The highest BCUT2D eigenvalue weighted by atomic mass is 35.5. The molecule has 0 bridgehead atoms. The zero-order valence-corrected chi connectivity index (χ0v) is 13.2. The van der Waals surface area contributed by atoms with Crippen LogP contribution in [0.15, 0.2) is 24.3 Å². The second-order valence-electron chi connectivity index (χ2n) is 4.47. The van der Waals surface area contributed by atoms with Crippen LogP contribution in [0, 0.1) is 0 Å². The lowest BCUT2D eigenvalue weighted by molar-refractivity contribution is 0.544. The molecular formula is C14H20ClNS2. The molecule has 4 heteroatoms. The molecule has 0 amide bonds. The zero-order chi connectivity index (χ0) is 13.0. The van der Waals surface area contributed by atoms with Crippen molar-refractivity contribution >= 4 is 35.1 Å². The zero-order valence-electron chi connectivity index (χ0n) is 10.9. The average molecular weight is 302 g/mol. The second kappa shape index (κ2) is 7.09. The standard InChI is InChI=1S/C14H20ClNS2/c1-3-12-14(18-9-8-17-12)13(16-2)10-4-6-11(15)7-5-10/h4-7,12-14,16H,3,8-9H2,1-2H3. The van der Waals surface area contributed by atoms with Crippen LogP contribution in [-0.4, -0.2) is 29.1 Å². The van der Waals surface area contributed by atoms with E-state index in [4.69, 9.17) is 11.6 Å². The topological polar surface area (TPSA) is 12.0 Å². The van der Waals surface area contributed by atoms with Crippen LogP contribution in [0.3, 0.4) is 0 Å². The van der Waals surface area contributed by atoms with Crippen molar-refractivity contribution < 1.29 is 0 Å². The summed E-state index contributed by atoms with van der Waals surface area (Å²) in [7, 11) is 2.06. The third-order valence-electron chi connectivity index (χ3n) is 3.36. The molecule has 3 unspecified atom stereocenters. The number of hydrogen-bond acceptors (Lipinski definition) is 3. The minimum absolute atomic E-state index is 0.421. The fourth-order valence-corrected chi connectivity index (χ4v) is 5.86. The Labute approximate surface area is 123 Å². The van der Waals surface area contributed by atoms with E-state index in [2.05, 4.69) is 54.9 Å². The molecule has 0 aromatic heterocycles. The Morgan fingerprint density at radius 1 is 1.28 bits per heavy atom. The summed E-state index contributed by atoms with van der Waals surface area (Å²) >= 11 is 10.2. The van der Waals surface area contributed by atoms with Gasteiger partial charge in [-0.05, 0) is 31.2 Å². The lowest BCUT2D eigenvalue weighted by Gasteiger charge is -2.36. The Morgan fingerprint density at radius 2 is 1.94 bits per heavy atom. The highest BCUT2D eigenvalue weighted by molar-refractivity contribution is 8.07. The van der Waals surface area contributed by atoms with Crippen LogP contribution in [-0.2, 0) is 0 Å². The summed E-state index contributed by atoms with van der Waals surface area (Å²) in [6.07, 6.45) is 1.24. The molecule has 1 N–H and O–H groups in total. The van der Waals surface area contributed by atoms with Crippen molar-refractivity contribution in [3.63, 3.8) is 0 Å². The van der Waals surface area contributed by atoms with E-state index >= 15 is 0 Å². The largest absolute Gasteiger partial charge is 0.312 e. The van der Waals surface area contributed by atoms with Gasteiger partial charge >= 0.3 is 0 Å². The van der Waals surface area contributed by atoms with E-state index in [9.17, 15) is 0 Å². The smallest absolute Gasteiger partial charge is 0.0448 e. The molecule has 0 saturated carbocycles. The van der Waals surface area contributed by atoms with Gasteiger partial charge in [0.2, 0.25) is 0 Å². The Kier molecular flexibility index (Phi) is 5.74. The van der Waals surface area contributed by atoms with Crippen molar-refractivity contribution in [3.05, 3.63) is 34.9 Å². The number of nitrogens with one attached hydrogen (secondary N) is 1. The summed E-state index contributed by atoms with van der Waals surface area (Å²) in [5.41, 5.74) is 1.35. The Hall–Kier alpha value is 0.170. The lowest BCUT2D eigenvalue weighted by atomic mass is 10.0. The van der Waals surface area contributed by atoms with E-state index in [-0.39, 0.29) is 0 Å². The molecule has 2 rings (SSSR count). The van der Waals surface area contributed by atoms with Crippen LogP contribution in [0.1, 0.15) is 24.9 Å². The highest BCUT2D eigenvalue weighted by Gasteiger charge is 2.32. The van der Waals surface area contributed by atoms with Gasteiger partial charge in [-0.2, -0.15) is 23.5 Å². The Bertz CT molecular complexity index is 369.